The number of hydrogen-bond donors (Lipinski definition) is 1. The molecule has 0 fully saturated rings. The molecule has 27 heavy (non-hydrogen) atoms. The highest BCUT2D eigenvalue weighted by atomic mass is 16.2. The Bertz CT molecular complexity index is 995. The molecule has 0 aromatic heterocycles. The van der Waals surface area contributed by atoms with Gasteiger partial charge in [0.1, 0.15) is 0 Å². The van der Waals surface area contributed by atoms with Crippen molar-refractivity contribution in [2.75, 3.05) is 17.3 Å². The molecule has 136 valence electrons. The number of carbonyl (C=O) groups excluding carboxylic acids is 2. The number of anilines is 2. The molecule has 0 radical (unpaired) electrons. The number of nitrogens with one attached hydrogen (secondary N) is 1. The Balaban J connectivity index is 1.88. The van der Waals surface area contributed by atoms with E-state index in [1.165, 1.54) is 0 Å². The van der Waals surface area contributed by atoms with Crippen molar-refractivity contribution in [1.82, 2.24) is 0 Å². The first-order valence-corrected chi connectivity index (χ1v) is 8.78. The molecule has 0 unspecified atom stereocenters. The minimum absolute atomic E-state index is 0.179. The summed E-state index contributed by atoms with van der Waals surface area (Å²) in [6.07, 6.45) is 0. The maximum absolute atomic E-state index is 13.0. The average molecular weight is 358 g/mol. The molecule has 0 saturated heterocycles. The number of hydrogen-bond acceptors (Lipinski definition) is 2. The van der Waals surface area contributed by atoms with Crippen molar-refractivity contribution in [3.63, 3.8) is 0 Å². The Hall–Kier alpha value is -3.40. The molecule has 0 bridgehead atoms. The van der Waals surface area contributed by atoms with Crippen molar-refractivity contribution in [1.29, 1.82) is 0 Å². The van der Waals surface area contributed by atoms with Crippen LogP contribution in [0.3, 0.4) is 0 Å². The van der Waals surface area contributed by atoms with E-state index in [9.17, 15) is 9.59 Å². The number of amides is 2. The molecule has 0 aliphatic carbocycles. The average Bonchev–Trinajstić information content (AvgIpc) is 2.67. The summed E-state index contributed by atoms with van der Waals surface area (Å²) in [5, 5.41) is 2.88. The largest absolute Gasteiger partial charge is 0.321 e. The second-order valence-corrected chi connectivity index (χ2v) is 6.52. The number of carbonyl (C=O) groups is 2. The van der Waals surface area contributed by atoms with Gasteiger partial charge in [0, 0.05) is 18.3 Å². The lowest BCUT2D eigenvalue weighted by atomic mass is 10.1. The van der Waals surface area contributed by atoms with Crippen LogP contribution in [0.2, 0.25) is 0 Å². The highest BCUT2D eigenvalue weighted by molar-refractivity contribution is 6.13. The van der Waals surface area contributed by atoms with Gasteiger partial charge in [-0.05, 0) is 55.3 Å². The quantitative estimate of drug-likeness (QED) is 0.726. The monoisotopic (exact) mass is 358 g/mol. The van der Waals surface area contributed by atoms with Crippen molar-refractivity contribution in [3.05, 3.63) is 95.1 Å². The molecule has 0 aliphatic rings. The van der Waals surface area contributed by atoms with Gasteiger partial charge in [-0.25, -0.2) is 0 Å². The first kappa shape index (κ1) is 18.4. The number of benzene rings is 3. The molecule has 3 aromatic carbocycles. The van der Waals surface area contributed by atoms with Crippen LogP contribution in [0.25, 0.3) is 0 Å². The van der Waals surface area contributed by atoms with Crippen molar-refractivity contribution in [3.8, 4) is 0 Å². The van der Waals surface area contributed by atoms with E-state index >= 15 is 0 Å². The maximum Gasteiger partial charge on any atom is 0.260 e. The molecule has 1 N–H and O–H groups in total. The van der Waals surface area contributed by atoms with Gasteiger partial charge in [-0.1, -0.05) is 42.5 Å². The molecule has 0 heterocycles. The van der Waals surface area contributed by atoms with E-state index in [0.717, 1.165) is 16.8 Å². The first-order chi connectivity index (χ1) is 13.0. The van der Waals surface area contributed by atoms with Gasteiger partial charge in [0.2, 0.25) is 0 Å². The molecule has 4 nitrogen and oxygen atoms in total. The van der Waals surface area contributed by atoms with Crippen molar-refractivity contribution < 1.29 is 9.59 Å². The van der Waals surface area contributed by atoms with E-state index < -0.39 is 0 Å². The van der Waals surface area contributed by atoms with Crippen molar-refractivity contribution in [2.24, 2.45) is 0 Å². The third-order valence-corrected chi connectivity index (χ3v) is 4.49. The van der Waals surface area contributed by atoms with Crippen LogP contribution in [0.5, 0.6) is 0 Å². The molecule has 3 rings (SSSR count). The van der Waals surface area contributed by atoms with Crippen LogP contribution in [0.1, 0.15) is 31.8 Å². The lowest BCUT2D eigenvalue weighted by Crippen LogP contribution is -2.27. The highest BCUT2D eigenvalue weighted by Gasteiger charge is 2.19. The number of aryl methyl sites for hydroxylation is 2. The smallest absolute Gasteiger partial charge is 0.260 e. The predicted octanol–water partition coefficient (Wildman–Crippen LogP) is 4.83. The van der Waals surface area contributed by atoms with Gasteiger partial charge in [-0.3, -0.25) is 9.59 Å². The van der Waals surface area contributed by atoms with Gasteiger partial charge in [-0.2, -0.15) is 0 Å². The van der Waals surface area contributed by atoms with Crippen LogP contribution >= 0.6 is 0 Å². The molecule has 3 aromatic rings. The number of nitrogens with zero attached hydrogens (tertiary/aromatic N) is 1. The third kappa shape index (κ3) is 4.06. The summed E-state index contributed by atoms with van der Waals surface area (Å²) in [6.45, 7) is 3.87. The highest BCUT2D eigenvalue weighted by Crippen LogP contribution is 2.22. The normalized spacial score (nSPS) is 10.3. The molecule has 2 amide bonds. The van der Waals surface area contributed by atoms with Crippen LogP contribution in [0.4, 0.5) is 11.4 Å². The fourth-order valence-electron chi connectivity index (χ4n) is 2.93. The van der Waals surface area contributed by atoms with Gasteiger partial charge in [0.25, 0.3) is 11.8 Å². The molecule has 0 atom stereocenters. The van der Waals surface area contributed by atoms with Crippen LogP contribution in [0.15, 0.2) is 72.8 Å². The zero-order valence-electron chi connectivity index (χ0n) is 15.7. The zero-order valence-corrected chi connectivity index (χ0v) is 15.7. The summed E-state index contributed by atoms with van der Waals surface area (Å²) in [4.78, 5) is 27.3. The summed E-state index contributed by atoms with van der Waals surface area (Å²) in [5.41, 5.74) is 4.30. The van der Waals surface area contributed by atoms with E-state index in [1.807, 2.05) is 56.3 Å². The topological polar surface area (TPSA) is 49.4 Å². The summed E-state index contributed by atoms with van der Waals surface area (Å²) in [7, 11) is 1.73. The Morgan fingerprint density at radius 3 is 2.19 bits per heavy atom. The lowest BCUT2D eigenvalue weighted by Gasteiger charge is -2.20. The van der Waals surface area contributed by atoms with Crippen LogP contribution in [0, 0.1) is 13.8 Å². The SMILES string of the molecule is Cc1cccc(N(C)C(=O)c2ccccc2NC(=O)c2ccccc2C)c1. The Morgan fingerprint density at radius 1 is 0.815 bits per heavy atom. The molecule has 0 spiro atoms. The predicted molar refractivity (Wildman–Crippen MR) is 109 cm³/mol. The third-order valence-electron chi connectivity index (χ3n) is 4.49. The fraction of sp³-hybridized carbons (Fsp3) is 0.130. The zero-order chi connectivity index (χ0) is 19.4. The van der Waals surface area contributed by atoms with E-state index in [-0.39, 0.29) is 11.8 Å². The Labute approximate surface area is 159 Å². The van der Waals surface area contributed by atoms with Crippen LogP contribution < -0.4 is 10.2 Å². The molecule has 0 aliphatic heterocycles. The van der Waals surface area contributed by atoms with Gasteiger partial charge in [0.15, 0.2) is 0 Å². The van der Waals surface area contributed by atoms with Crippen molar-refractivity contribution >= 4 is 23.2 Å². The first-order valence-electron chi connectivity index (χ1n) is 8.78. The summed E-state index contributed by atoms with van der Waals surface area (Å²) in [6, 6.07) is 22.2. The minimum atomic E-state index is -0.230. The van der Waals surface area contributed by atoms with E-state index in [4.69, 9.17) is 0 Å². The fourth-order valence-corrected chi connectivity index (χ4v) is 2.93. The molecule has 4 heteroatoms. The maximum atomic E-state index is 13.0. The number of rotatable bonds is 4. The van der Waals surface area contributed by atoms with Crippen LogP contribution in [-0.2, 0) is 0 Å². The van der Waals surface area contributed by atoms with Crippen molar-refractivity contribution in [2.45, 2.75) is 13.8 Å². The summed E-state index contributed by atoms with van der Waals surface area (Å²) >= 11 is 0. The minimum Gasteiger partial charge on any atom is -0.321 e. The van der Waals surface area contributed by atoms with E-state index in [2.05, 4.69) is 5.32 Å². The van der Waals surface area contributed by atoms with E-state index in [1.54, 1.807) is 42.3 Å². The summed E-state index contributed by atoms with van der Waals surface area (Å²) in [5.74, 6) is -0.409. The van der Waals surface area contributed by atoms with Gasteiger partial charge in [-0.15, -0.1) is 0 Å². The second-order valence-electron chi connectivity index (χ2n) is 6.52. The standard InChI is InChI=1S/C23H22N2O2/c1-16-9-8-11-18(15-16)25(3)23(27)20-13-6-7-14-21(20)24-22(26)19-12-5-4-10-17(19)2/h4-15H,1-3H3,(H,24,26). The second kappa shape index (κ2) is 7.87. The number of para-hydroxylation sites is 1. The summed E-state index contributed by atoms with van der Waals surface area (Å²) < 4.78 is 0. The molecular weight excluding hydrogens is 336 g/mol. The lowest BCUT2D eigenvalue weighted by molar-refractivity contribution is 0.0994. The van der Waals surface area contributed by atoms with Gasteiger partial charge >= 0.3 is 0 Å². The Morgan fingerprint density at radius 2 is 1.48 bits per heavy atom. The molecular formula is C23H22N2O2. The molecule has 0 saturated carbocycles. The Kier molecular flexibility index (Phi) is 5.36. The van der Waals surface area contributed by atoms with Gasteiger partial charge < -0.3 is 10.2 Å². The van der Waals surface area contributed by atoms with E-state index in [0.29, 0.717) is 16.8 Å². The van der Waals surface area contributed by atoms with Gasteiger partial charge in [0.05, 0.1) is 11.3 Å². The van der Waals surface area contributed by atoms with Crippen LogP contribution in [-0.4, -0.2) is 18.9 Å².